The third kappa shape index (κ3) is 3.49. The molecule has 4 aliphatic rings. The molecule has 1 atom stereocenters. The topological polar surface area (TPSA) is 60.9 Å². The van der Waals surface area contributed by atoms with E-state index in [-0.39, 0.29) is 17.9 Å². The first kappa shape index (κ1) is 20.5. The Balaban J connectivity index is 1.31. The van der Waals surface area contributed by atoms with Crippen molar-refractivity contribution in [2.75, 3.05) is 31.1 Å². The summed E-state index contributed by atoms with van der Waals surface area (Å²) in [7, 11) is -3.49. The molecule has 0 bridgehead atoms. The molecular formula is C23H33N3O3S. The highest BCUT2D eigenvalue weighted by molar-refractivity contribution is 7.89. The van der Waals surface area contributed by atoms with Crippen LogP contribution in [0.1, 0.15) is 57.4 Å². The van der Waals surface area contributed by atoms with Crippen molar-refractivity contribution in [2.24, 2.45) is 5.92 Å². The Kier molecular flexibility index (Phi) is 5.40. The normalized spacial score (nSPS) is 26.7. The molecule has 2 aliphatic carbocycles. The molecule has 1 aromatic rings. The van der Waals surface area contributed by atoms with Gasteiger partial charge in [0.05, 0.1) is 4.90 Å². The van der Waals surface area contributed by atoms with E-state index >= 15 is 0 Å². The van der Waals surface area contributed by atoms with E-state index in [1.165, 1.54) is 25.7 Å². The van der Waals surface area contributed by atoms with Gasteiger partial charge in [0.15, 0.2) is 0 Å². The Morgan fingerprint density at radius 3 is 2.30 bits per heavy atom. The molecule has 7 heteroatoms. The molecule has 3 fully saturated rings. The van der Waals surface area contributed by atoms with Crippen LogP contribution >= 0.6 is 0 Å². The van der Waals surface area contributed by atoms with Crippen molar-refractivity contribution in [3.8, 4) is 0 Å². The zero-order valence-corrected chi connectivity index (χ0v) is 18.7. The van der Waals surface area contributed by atoms with E-state index in [4.69, 9.17) is 0 Å². The zero-order valence-electron chi connectivity index (χ0n) is 17.9. The standard InChI is InChI=1S/C23H33N3O3S/c1-17-15-19-16-21(9-10-22(19)26(17)23(27)18-5-4-6-18)30(28,29)25-13-11-24(12-14-25)20-7-2-3-8-20/h9-10,16-18,20H,2-8,11-15H2,1H3/t17-/m1/s1. The summed E-state index contributed by atoms with van der Waals surface area (Å²) < 4.78 is 28.3. The van der Waals surface area contributed by atoms with Crippen LogP contribution in [0.15, 0.2) is 23.1 Å². The lowest BCUT2D eigenvalue weighted by Crippen LogP contribution is -2.51. The van der Waals surface area contributed by atoms with Crippen LogP contribution in [0.5, 0.6) is 0 Å². The molecule has 1 saturated heterocycles. The smallest absolute Gasteiger partial charge is 0.243 e. The maximum atomic E-state index is 13.3. The second kappa shape index (κ2) is 7.92. The molecule has 0 radical (unpaired) electrons. The van der Waals surface area contributed by atoms with E-state index in [2.05, 4.69) is 11.8 Å². The number of nitrogens with zero attached hydrogens (tertiary/aromatic N) is 3. The number of carbonyl (C=O) groups excluding carboxylic acids is 1. The first-order valence-corrected chi connectivity index (χ1v) is 13.1. The van der Waals surface area contributed by atoms with Gasteiger partial charge in [-0.05, 0) is 62.8 Å². The van der Waals surface area contributed by atoms with Gasteiger partial charge in [0.1, 0.15) is 0 Å². The van der Waals surface area contributed by atoms with E-state index in [1.54, 1.807) is 10.4 Å². The van der Waals surface area contributed by atoms with Gasteiger partial charge in [0.2, 0.25) is 15.9 Å². The Hall–Kier alpha value is -1.44. The molecule has 30 heavy (non-hydrogen) atoms. The van der Waals surface area contributed by atoms with Crippen LogP contribution in [0.25, 0.3) is 0 Å². The molecule has 1 amide bonds. The number of fused-ring (bicyclic) bond motifs is 1. The maximum Gasteiger partial charge on any atom is 0.243 e. The number of rotatable bonds is 4. The lowest BCUT2D eigenvalue weighted by molar-refractivity contribution is -0.125. The number of anilines is 1. The molecular weight excluding hydrogens is 398 g/mol. The molecule has 0 aromatic heterocycles. The highest BCUT2D eigenvalue weighted by Crippen LogP contribution is 2.38. The zero-order chi connectivity index (χ0) is 20.9. The highest BCUT2D eigenvalue weighted by Gasteiger charge is 2.38. The van der Waals surface area contributed by atoms with E-state index < -0.39 is 10.0 Å². The van der Waals surface area contributed by atoms with E-state index in [0.717, 1.165) is 50.0 Å². The van der Waals surface area contributed by atoms with Crippen molar-refractivity contribution in [2.45, 2.75) is 75.3 Å². The third-order valence-corrected chi connectivity index (χ3v) is 9.61. The quantitative estimate of drug-likeness (QED) is 0.735. The summed E-state index contributed by atoms with van der Waals surface area (Å²) in [6, 6.07) is 6.13. The Bertz CT molecular complexity index is 914. The van der Waals surface area contributed by atoms with Gasteiger partial charge in [-0.15, -0.1) is 0 Å². The van der Waals surface area contributed by atoms with Crippen molar-refractivity contribution in [3.05, 3.63) is 23.8 Å². The van der Waals surface area contributed by atoms with Gasteiger partial charge in [-0.3, -0.25) is 9.69 Å². The summed E-state index contributed by atoms with van der Waals surface area (Å²) >= 11 is 0. The molecule has 2 heterocycles. The molecule has 2 aliphatic heterocycles. The summed E-state index contributed by atoms with van der Waals surface area (Å²) in [6.07, 6.45) is 8.95. The average Bonchev–Trinajstić information content (AvgIpc) is 3.33. The number of sulfonamides is 1. The monoisotopic (exact) mass is 431 g/mol. The lowest BCUT2D eigenvalue weighted by Gasteiger charge is -2.37. The van der Waals surface area contributed by atoms with Crippen LogP contribution in [-0.4, -0.2) is 61.8 Å². The first-order chi connectivity index (χ1) is 14.4. The van der Waals surface area contributed by atoms with Crippen molar-refractivity contribution in [3.63, 3.8) is 0 Å². The predicted molar refractivity (Wildman–Crippen MR) is 117 cm³/mol. The number of hydrogen-bond acceptors (Lipinski definition) is 4. The predicted octanol–water partition coefficient (Wildman–Crippen LogP) is 3.01. The second-order valence-electron chi connectivity index (χ2n) is 9.56. The molecule has 5 rings (SSSR count). The molecule has 1 aromatic carbocycles. The van der Waals surface area contributed by atoms with Crippen molar-refractivity contribution >= 4 is 21.6 Å². The fourth-order valence-corrected chi connectivity index (χ4v) is 7.16. The van der Waals surface area contributed by atoms with Gasteiger partial charge in [-0.1, -0.05) is 19.3 Å². The average molecular weight is 432 g/mol. The summed E-state index contributed by atoms with van der Waals surface area (Å²) in [6.45, 7) is 4.86. The molecule has 0 spiro atoms. The van der Waals surface area contributed by atoms with Crippen LogP contribution in [0.4, 0.5) is 5.69 Å². The van der Waals surface area contributed by atoms with Crippen LogP contribution in [-0.2, 0) is 21.2 Å². The fraction of sp³-hybridized carbons (Fsp3) is 0.696. The van der Waals surface area contributed by atoms with Crippen LogP contribution < -0.4 is 4.90 Å². The van der Waals surface area contributed by atoms with Crippen LogP contribution in [0, 0.1) is 5.92 Å². The highest BCUT2D eigenvalue weighted by atomic mass is 32.2. The number of amides is 1. The molecule has 0 unspecified atom stereocenters. The minimum Gasteiger partial charge on any atom is -0.309 e. The van der Waals surface area contributed by atoms with E-state index in [0.29, 0.717) is 24.0 Å². The number of piperazine rings is 1. The number of benzene rings is 1. The summed E-state index contributed by atoms with van der Waals surface area (Å²) in [4.78, 5) is 17.6. The van der Waals surface area contributed by atoms with Crippen molar-refractivity contribution < 1.29 is 13.2 Å². The Morgan fingerprint density at radius 1 is 0.967 bits per heavy atom. The van der Waals surface area contributed by atoms with Gasteiger partial charge in [-0.2, -0.15) is 4.31 Å². The fourth-order valence-electron chi connectivity index (χ4n) is 5.68. The Morgan fingerprint density at radius 2 is 1.67 bits per heavy atom. The summed E-state index contributed by atoms with van der Waals surface area (Å²) in [5.74, 6) is 0.365. The molecule has 2 saturated carbocycles. The van der Waals surface area contributed by atoms with Crippen molar-refractivity contribution in [1.29, 1.82) is 0 Å². The molecule has 6 nitrogen and oxygen atoms in total. The minimum atomic E-state index is -3.49. The molecule has 0 N–H and O–H groups in total. The van der Waals surface area contributed by atoms with Gasteiger partial charge in [-0.25, -0.2) is 8.42 Å². The van der Waals surface area contributed by atoms with Crippen LogP contribution in [0.2, 0.25) is 0 Å². The second-order valence-corrected chi connectivity index (χ2v) is 11.5. The number of carbonyl (C=O) groups is 1. The van der Waals surface area contributed by atoms with E-state index in [1.807, 2.05) is 17.0 Å². The van der Waals surface area contributed by atoms with Gasteiger partial charge >= 0.3 is 0 Å². The molecule has 164 valence electrons. The summed E-state index contributed by atoms with van der Waals surface area (Å²) in [5.41, 5.74) is 1.89. The van der Waals surface area contributed by atoms with Gasteiger partial charge < -0.3 is 4.90 Å². The number of hydrogen-bond donors (Lipinski definition) is 0. The van der Waals surface area contributed by atoms with Crippen LogP contribution in [0.3, 0.4) is 0 Å². The third-order valence-electron chi connectivity index (χ3n) is 7.71. The summed E-state index contributed by atoms with van der Waals surface area (Å²) in [5, 5.41) is 0. The van der Waals surface area contributed by atoms with Gasteiger partial charge in [0.25, 0.3) is 0 Å². The minimum absolute atomic E-state index is 0.0982. The SMILES string of the molecule is C[C@@H]1Cc2cc(S(=O)(=O)N3CCN(C4CCCC4)CC3)ccc2N1C(=O)C1CCC1. The lowest BCUT2D eigenvalue weighted by atomic mass is 9.84. The van der Waals surface area contributed by atoms with Gasteiger partial charge in [0, 0.05) is 49.9 Å². The Labute approximate surface area is 180 Å². The van der Waals surface area contributed by atoms with Crippen molar-refractivity contribution in [1.82, 2.24) is 9.21 Å². The first-order valence-electron chi connectivity index (χ1n) is 11.7. The largest absolute Gasteiger partial charge is 0.309 e. The maximum absolute atomic E-state index is 13.3. The van der Waals surface area contributed by atoms with E-state index in [9.17, 15) is 13.2 Å².